The summed E-state index contributed by atoms with van der Waals surface area (Å²) in [6, 6.07) is 0.0153. The van der Waals surface area contributed by atoms with Crippen LogP contribution < -0.4 is 10.6 Å². The third-order valence-electron chi connectivity index (χ3n) is 3.33. The molecular weight excluding hydrogens is 244 g/mol. The monoisotopic (exact) mass is 271 g/mol. The summed E-state index contributed by atoms with van der Waals surface area (Å²) < 4.78 is 0. The van der Waals surface area contributed by atoms with Gasteiger partial charge in [-0.05, 0) is 33.1 Å². The zero-order chi connectivity index (χ0) is 15.1. The van der Waals surface area contributed by atoms with E-state index in [4.69, 9.17) is 5.21 Å². The number of nitrogens with zero attached hydrogens (tertiary/aromatic N) is 2. The lowest BCUT2D eigenvalue weighted by Crippen LogP contribution is -2.46. The van der Waals surface area contributed by atoms with E-state index in [1.54, 1.807) is 13.8 Å². The van der Waals surface area contributed by atoms with Crippen molar-refractivity contribution in [1.29, 1.82) is 0 Å². The predicted octanol–water partition coefficient (Wildman–Crippen LogP) is 1.78. The third-order valence-corrected chi connectivity index (χ3v) is 3.33. The molecular formula is C13H27N4O2-. The summed E-state index contributed by atoms with van der Waals surface area (Å²) in [5.41, 5.74) is 1.23. The standard InChI is InChI=1S/C13H28N4O2/c1-9(11(3)16-18)14-7-13(5,6)8-15-10(2)12(4)17-19/h9-10,14-15,18-19H,7-8H2,1-6H3/p-1/b16-11-,17-12+/t9-,10-/m1/s1. The molecule has 2 atom stereocenters. The van der Waals surface area contributed by atoms with E-state index >= 15 is 0 Å². The fourth-order valence-electron chi connectivity index (χ4n) is 1.38. The number of oxime groups is 1. The van der Waals surface area contributed by atoms with E-state index in [1.807, 2.05) is 13.8 Å². The molecule has 0 unspecified atom stereocenters. The first-order chi connectivity index (χ1) is 8.73. The first-order valence-electron chi connectivity index (χ1n) is 6.55. The Hall–Kier alpha value is -1.14. The number of rotatable bonds is 8. The van der Waals surface area contributed by atoms with E-state index in [1.165, 1.54) is 0 Å². The highest BCUT2D eigenvalue weighted by molar-refractivity contribution is 5.87. The van der Waals surface area contributed by atoms with Gasteiger partial charge in [0.05, 0.1) is 5.71 Å². The smallest absolute Gasteiger partial charge is 0.0706 e. The summed E-state index contributed by atoms with van der Waals surface area (Å²) in [7, 11) is 0. The first kappa shape index (κ1) is 17.9. The van der Waals surface area contributed by atoms with Crippen LogP contribution in [0.3, 0.4) is 0 Å². The van der Waals surface area contributed by atoms with E-state index in [-0.39, 0.29) is 17.5 Å². The Labute approximate surface area is 116 Å². The van der Waals surface area contributed by atoms with Crippen molar-refractivity contribution in [2.24, 2.45) is 15.7 Å². The van der Waals surface area contributed by atoms with Crippen LogP contribution in [0.25, 0.3) is 0 Å². The van der Waals surface area contributed by atoms with Crippen molar-refractivity contribution in [3.05, 3.63) is 5.21 Å². The summed E-state index contributed by atoms with van der Waals surface area (Å²) in [6.07, 6.45) is 0. The van der Waals surface area contributed by atoms with Crippen LogP contribution in [-0.4, -0.2) is 41.8 Å². The molecule has 0 amide bonds. The summed E-state index contributed by atoms with van der Waals surface area (Å²) in [5, 5.41) is 31.8. The summed E-state index contributed by atoms with van der Waals surface area (Å²) >= 11 is 0. The van der Waals surface area contributed by atoms with Crippen molar-refractivity contribution in [3.63, 3.8) is 0 Å². The molecule has 0 bridgehead atoms. The lowest BCUT2D eigenvalue weighted by Gasteiger charge is -2.29. The van der Waals surface area contributed by atoms with Crippen LogP contribution in [0.1, 0.15) is 41.5 Å². The van der Waals surface area contributed by atoms with Gasteiger partial charge in [0.25, 0.3) is 0 Å². The highest BCUT2D eigenvalue weighted by Gasteiger charge is 2.20. The molecule has 0 saturated heterocycles. The van der Waals surface area contributed by atoms with Gasteiger partial charge in [-0.15, -0.1) is 0 Å². The van der Waals surface area contributed by atoms with E-state index in [2.05, 4.69) is 34.8 Å². The Balaban J connectivity index is 4.19. The van der Waals surface area contributed by atoms with E-state index in [9.17, 15) is 5.21 Å². The van der Waals surface area contributed by atoms with Gasteiger partial charge in [0.15, 0.2) is 0 Å². The minimum absolute atomic E-state index is 0.0153. The molecule has 19 heavy (non-hydrogen) atoms. The average molecular weight is 271 g/mol. The van der Waals surface area contributed by atoms with Crippen LogP contribution in [0.15, 0.2) is 10.3 Å². The van der Waals surface area contributed by atoms with Crippen molar-refractivity contribution in [1.82, 2.24) is 10.6 Å². The molecule has 0 aliphatic rings. The SMILES string of the molecule is C/C(=N/[O-])[C@@H](C)NCC(C)(C)CN[C@H](C)/C(C)=N/O. The van der Waals surface area contributed by atoms with Crippen LogP contribution in [0.4, 0.5) is 0 Å². The fraction of sp³-hybridized carbons (Fsp3) is 0.846. The van der Waals surface area contributed by atoms with Gasteiger partial charge in [-0.25, -0.2) is 0 Å². The molecule has 6 nitrogen and oxygen atoms in total. The summed E-state index contributed by atoms with van der Waals surface area (Å²) in [4.78, 5) is 0. The highest BCUT2D eigenvalue weighted by atomic mass is 16.4. The van der Waals surface area contributed by atoms with Gasteiger partial charge in [0.2, 0.25) is 0 Å². The fourth-order valence-corrected chi connectivity index (χ4v) is 1.38. The largest absolute Gasteiger partial charge is 0.792 e. The molecule has 0 radical (unpaired) electrons. The van der Waals surface area contributed by atoms with Crippen molar-refractivity contribution in [2.45, 2.75) is 53.6 Å². The van der Waals surface area contributed by atoms with Crippen molar-refractivity contribution >= 4 is 11.4 Å². The number of hydrogen-bond donors (Lipinski definition) is 3. The maximum atomic E-state index is 10.4. The normalized spacial score (nSPS) is 17.4. The van der Waals surface area contributed by atoms with Gasteiger partial charge in [-0.1, -0.05) is 19.0 Å². The molecule has 0 spiro atoms. The second-order valence-corrected chi connectivity index (χ2v) is 5.84. The van der Waals surface area contributed by atoms with E-state index in [0.29, 0.717) is 11.4 Å². The number of hydrogen-bond acceptors (Lipinski definition) is 6. The third kappa shape index (κ3) is 7.12. The Morgan fingerprint density at radius 3 is 1.89 bits per heavy atom. The zero-order valence-corrected chi connectivity index (χ0v) is 12.8. The van der Waals surface area contributed by atoms with Crippen LogP contribution in [0.2, 0.25) is 0 Å². The van der Waals surface area contributed by atoms with E-state index in [0.717, 1.165) is 13.1 Å². The molecule has 0 aliphatic carbocycles. The van der Waals surface area contributed by atoms with Crippen LogP contribution in [0, 0.1) is 10.6 Å². The molecule has 0 aromatic carbocycles. The molecule has 0 aromatic rings. The Kier molecular flexibility index (Phi) is 7.63. The molecule has 112 valence electrons. The minimum Gasteiger partial charge on any atom is -0.792 e. The van der Waals surface area contributed by atoms with Crippen molar-refractivity contribution < 1.29 is 5.21 Å². The Morgan fingerprint density at radius 1 is 1.11 bits per heavy atom. The molecule has 3 N–H and O–H groups in total. The highest BCUT2D eigenvalue weighted by Crippen LogP contribution is 2.12. The maximum absolute atomic E-state index is 10.4. The molecule has 6 heteroatoms. The van der Waals surface area contributed by atoms with Gasteiger partial charge in [0.1, 0.15) is 0 Å². The summed E-state index contributed by atoms with van der Waals surface area (Å²) in [6.45, 7) is 13.2. The lowest BCUT2D eigenvalue weighted by molar-refractivity contribution is 0.303. The van der Waals surface area contributed by atoms with Gasteiger partial charge in [0, 0.05) is 30.9 Å². The topological polar surface area (TPSA) is 92.1 Å². The van der Waals surface area contributed by atoms with Gasteiger partial charge >= 0.3 is 0 Å². The Bertz CT molecular complexity index is 297. The molecule has 0 heterocycles. The molecule has 0 rings (SSSR count). The minimum atomic E-state index is -0.0186. The van der Waals surface area contributed by atoms with Gasteiger partial charge < -0.3 is 26.2 Å². The number of nitrogens with one attached hydrogen (secondary N) is 2. The first-order valence-corrected chi connectivity index (χ1v) is 6.55. The van der Waals surface area contributed by atoms with Crippen LogP contribution in [-0.2, 0) is 0 Å². The molecule has 0 aliphatic heterocycles. The molecule has 0 saturated carbocycles. The maximum Gasteiger partial charge on any atom is 0.0706 e. The Morgan fingerprint density at radius 2 is 1.53 bits per heavy atom. The van der Waals surface area contributed by atoms with Crippen molar-refractivity contribution in [3.8, 4) is 0 Å². The second kappa shape index (κ2) is 8.12. The average Bonchev–Trinajstić information content (AvgIpc) is 2.40. The van der Waals surface area contributed by atoms with Crippen LogP contribution in [0.5, 0.6) is 0 Å². The quantitative estimate of drug-likeness (QED) is 0.356. The second-order valence-electron chi connectivity index (χ2n) is 5.84. The summed E-state index contributed by atoms with van der Waals surface area (Å²) in [5.74, 6) is 0. The predicted molar refractivity (Wildman–Crippen MR) is 80.1 cm³/mol. The van der Waals surface area contributed by atoms with Crippen molar-refractivity contribution in [2.75, 3.05) is 13.1 Å². The molecule has 0 aromatic heterocycles. The van der Waals surface area contributed by atoms with Gasteiger partial charge in [-0.3, -0.25) is 0 Å². The lowest BCUT2D eigenvalue weighted by atomic mass is 9.92. The zero-order valence-electron chi connectivity index (χ0n) is 12.8. The molecule has 0 fully saturated rings. The van der Waals surface area contributed by atoms with Gasteiger partial charge in [-0.2, -0.15) is 0 Å². The van der Waals surface area contributed by atoms with Crippen LogP contribution >= 0.6 is 0 Å². The van der Waals surface area contributed by atoms with E-state index < -0.39 is 0 Å².